The van der Waals surface area contributed by atoms with Gasteiger partial charge in [-0.25, -0.2) is 9.37 Å². The second-order valence-electron chi connectivity index (χ2n) is 3.94. The average molecular weight is 258 g/mol. The number of aromatic nitrogens is 1. The van der Waals surface area contributed by atoms with Gasteiger partial charge >= 0.3 is 0 Å². The van der Waals surface area contributed by atoms with Gasteiger partial charge in [0.1, 0.15) is 11.3 Å². The lowest BCUT2D eigenvalue weighted by Crippen LogP contribution is -1.98. The minimum Gasteiger partial charge on any atom is -0.357 e. The predicted molar refractivity (Wildman–Crippen MR) is 73.3 cm³/mol. The van der Waals surface area contributed by atoms with Gasteiger partial charge in [0, 0.05) is 6.54 Å². The average Bonchev–Trinajstić information content (AvgIpc) is 2.82. The van der Waals surface area contributed by atoms with Crippen LogP contribution in [0.25, 0.3) is 10.2 Å². The van der Waals surface area contributed by atoms with Crippen LogP contribution >= 0.6 is 11.3 Å². The van der Waals surface area contributed by atoms with Crippen LogP contribution in [-0.2, 0) is 6.54 Å². The molecule has 0 radical (unpaired) electrons. The van der Waals surface area contributed by atoms with Crippen molar-refractivity contribution in [1.29, 1.82) is 0 Å². The van der Waals surface area contributed by atoms with Crippen LogP contribution in [0.1, 0.15) is 5.56 Å². The number of para-hydroxylation sites is 1. The molecule has 0 fully saturated rings. The lowest BCUT2D eigenvalue weighted by molar-refractivity contribution is 0.637. The number of hydrogen-bond donors (Lipinski definition) is 1. The highest BCUT2D eigenvalue weighted by Crippen LogP contribution is 2.27. The van der Waals surface area contributed by atoms with Crippen LogP contribution in [0, 0.1) is 5.82 Å². The van der Waals surface area contributed by atoms with Crippen molar-refractivity contribution in [2.45, 2.75) is 6.54 Å². The van der Waals surface area contributed by atoms with Gasteiger partial charge in [0.15, 0.2) is 5.13 Å². The molecule has 1 N–H and O–H groups in total. The molecule has 18 heavy (non-hydrogen) atoms. The van der Waals surface area contributed by atoms with E-state index in [9.17, 15) is 4.39 Å². The third kappa shape index (κ3) is 2.19. The standard InChI is InChI=1S/C14H11FN2S/c15-11-7-4-8-12-13(11)17-14(18-12)16-9-10-5-2-1-3-6-10/h1-8H,9H2,(H,16,17). The summed E-state index contributed by atoms with van der Waals surface area (Å²) < 4.78 is 14.3. The summed E-state index contributed by atoms with van der Waals surface area (Å²) in [6.07, 6.45) is 0. The number of fused-ring (bicyclic) bond motifs is 1. The Morgan fingerprint density at radius 2 is 1.89 bits per heavy atom. The van der Waals surface area contributed by atoms with Crippen molar-refractivity contribution in [2.75, 3.05) is 5.32 Å². The molecule has 2 nitrogen and oxygen atoms in total. The molecule has 0 amide bonds. The highest BCUT2D eigenvalue weighted by molar-refractivity contribution is 7.22. The van der Waals surface area contributed by atoms with E-state index >= 15 is 0 Å². The first-order valence-corrected chi connectivity index (χ1v) is 6.47. The topological polar surface area (TPSA) is 24.9 Å². The molecule has 3 rings (SSSR count). The van der Waals surface area contributed by atoms with E-state index in [0.717, 1.165) is 9.83 Å². The lowest BCUT2D eigenvalue weighted by atomic mass is 10.2. The molecule has 0 aliphatic rings. The summed E-state index contributed by atoms with van der Waals surface area (Å²) in [4.78, 5) is 4.26. The summed E-state index contributed by atoms with van der Waals surface area (Å²) in [7, 11) is 0. The van der Waals surface area contributed by atoms with Crippen molar-refractivity contribution in [3.63, 3.8) is 0 Å². The Morgan fingerprint density at radius 1 is 1.06 bits per heavy atom. The zero-order chi connectivity index (χ0) is 12.4. The van der Waals surface area contributed by atoms with E-state index in [1.807, 2.05) is 36.4 Å². The second kappa shape index (κ2) is 4.74. The van der Waals surface area contributed by atoms with Crippen LogP contribution in [0.4, 0.5) is 9.52 Å². The normalized spacial score (nSPS) is 10.7. The number of rotatable bonds is 3. The fourth-order valence-corrected chi connectivity index (χ4v) is 2.64. The molecule has 3 aromatic rings. The maximum Gasteiger partial charge on any atom is 0.184 e. The minimum atomic E-state index is -0.267. The van der Waals surface area contributed by atoms with Gasteiger partial charge in [-0.1, -0.05) is 47.7 Å². The lowest BCUT2D eigenvalue weighted by Gasteiger charge is -2.01. The molecule has 0 spiro atoms. The number of hydrogen-bond acceptors (Lipinski definition) is 3. The van der Waals surface area contributed by atoms with Crippen molar-refractivity contribution in [2.24, 2.45) is 0 Å². The van der Waals surface area contributed by atoms with Crippen molar-refractivity contribution in [3.8, 4) is 0 Å². The number of nitrogens with zero attached hydrogens (tertiary/aromatic N) is 1. The van der Waals surface area contributed by atoms with Crippen molar-refractivity contribution in [3.05, 3.63) is 59.9 Å². The van der Waals surface area contributed by atoms with E-state index in [2.05, 4.69) is 10.3 Å². The van der Waals surface area contributed by atoms with E-state index in [1.54, 1.807) is 6.07 Å². The zero-order valence-electron chi connectivity index (χ0n) is 9.56. The molecule has 0 unspecified atom stereocenters. The van der Waals surface area contributed by atoms with Crippen LogP contribution < -0.4 is 5.32 Å². The fraction of sp³-hybridized carbons (Fsp3) is 0.0714. The van der Waals surface area contributed by atoms with E-state index < -0.39 is 0 Å². The van der Waals surface area contributed by atoms with E-state index in [1.165, 1.54) is 23.0 Å². The van der Waals surface area contributed by atoms with Gasteiger partial charge in [0.25, 0.3) is 0 Å². The molecule has 1 heterocycles. The van der Waals surface area contributed by atoms with Crippen molar-refractivity contribution < 1.29 is 4.39 Å². The van der Waals surface area contributed by atoms with Crippen LogP contribution in [0.15, 0.2) is 48.5 Å². The van der Waals surface area contributed by atoms with Crippen LogP contribution in [0.5, 0.6) is 0 Å². The highest BCUT2D eigenvalue weighted by atomic mass is 32.1. The minimum absolute atomic E-state index is 0.267. The molecule has 0 saturated heterocycles. The maximum atomic E-state index is 13.5. The highest BCUT2D eigenvalue weighted by Gasteiger charge is 2.07. The van der Waals surface area contributed by atoms with Crippen LogP contribution in [-0.4, -0.2) is 4.98 Å². The smallest absolute Gasteiger partial charge is 0.184 e. The maximum absolute atomic E-state index is 13.5. The summed E-state index contributed by atoms with van der Waals surface area (Å²) in [5.74, 6) is -0.267. The Balaban J connectivity index is 1.81. The zero-order valence-corrected chi connectivity index (χ0v) is 10.4. The summed E-state index contributed by atoms with van der Waals surface area (Å²) >= 11 is 1.47. The van der Waals surface area contributed by atoms with Gasteiger partial charge < -0.3 is 5.32 Å². The van der Waals surface area contributed by atoms with E-state index in [0.29, 0.717) is 12.1 Å². The fourth-order valence-electron chi connectivity index (χ4n) is 1.76. The molecule has 4 heteroatoms. The Morgan fingerprint density at radius 3 is 2.67 bits per heavy atom. The molecule has 0 aliphatic carbocycles. The first-order valence-electron chi connectivity index (χ1n) is 5.66. The summed E-state index contributed by atoms with van der Waals surface area (Å²) in [6.45, 7) is 0.697. The van der Waals surface area contributed by atoms with E-state index in [4.69, 9.17) is 0 Å². The monoisotopic (exact) mass is 258 g/mol. The van der Waals surface area contributed by atoms with Gasteiger partial charge in [-0.15, -0.1) is 0 Å². The first kappa shape index (κ1) is 11.2. The third-order valence-electron chi connectivity index (χ3n) is 2.66. The number of benzene rings is 2. The Bertz CT molecular complexity index is 664. The van der Waals surface area contributed by atoms with Gasteiger partial charge in [-0.3, -0.25) is 0 Å². The number of anilines is 1. The summed E-state index contributed by atoms with van der Waals surface area (Å²) in [5.41, 5.74) is 1.62. The summed E-state index contributed by atoms with van der Waals surface area (Å²) in [5, 5.41) is 3.97. The molecular weight excluding hydrogens is 247 g/mol. The summed E-state index contributed by atoms with van der Waals surface area (Å²) in [6, 6.07) is 15.1. The van der Waals surface area contributed by atoms with Crippen molar-refractivity contribution in [1.82, 2.24) is 4.98 Å². The Hall–Kier alpha value is -1.94. The predicted octanol–water partition coefficient (Wildman–Crippen LogP) is 4.05. The molecule has 0 bridgehead atoms. The first-order chi connectivity index (χ1) is 8.83. The SMILES string of the molecule is Fc1cccc2sc(NCc3ccccc3)nc12. The van der Waals surface area contributed by atoms with Gasteiger partial charge in [-0.2, -0.15) is 0 Å². The molecular formula is C14H11FN2S. The molecule has 0 atom stereocenters. The molecule has 2 aromatic carbocycles. The molecule has 0 saturated carbocycles. The molecule has 1 aromatic heterocycles. The van der Waals surface area contributed by atoms with E-state index in [-0.39, 0.29) is 5.82 Å². The van der Waals surface area contributed by atoms with Crippen molar-refractivity contribution >= 4 is 26.7 Å². The van der Waals surface area contributed by atoms with Crippen LogP contribution in [0.2, 0.25) is 0 Å². The quantitative estimate of drug-likeness (QED) is 0.766. The van der Waals surface area contributed by atoms with Gasteiger partial charge in [0.05, 0.1) is 4.70 Å². The van der Waals surface area contributed by atoms with Gasteiger partial charge in [0.2, 0.25) is 0 Å². The molecule has 0 aliphatic heterocycles. The Kier molecular flexibility index (Phi) is 2.94. The number of nitrogens with one attached hydrogen (secondary N) is 1. The second-order valence-corrected chi connectivity index (χ2v) is 4.98. The molecule has 90 valence electrons. The largest absolute Gasteiger partial charge is 0.357 e. The Labute approximate surface area is 108 Å². The number of thiazole rings is 1. The van der Waals surface area contributed by atoms with Gasteiger partial charge in [-0.05, 0) is 17.7 Å². The third-order valence-corrected chi connectivity index (χ3v) is 3.63. The number of halogens is 1. The van der Waals surface area contributed by atoms with Crippen LogP contribution in [0.3, 0.4) is 0 Å².